The second-order valence-electron chi connectivity index (χ2n) is 1.96. The van der Waals surface area contributed by atoms with Gasteiger partial charge >= 0.3 is 6.18 Å². The van der Waals surface area contributed by atoms with Crippen molar-refractivity contribution >= 4 is 0 Å². The van der Waals surface area contributed by atoms with Gasteiger partial charge in [0.1, 0.15) is 0 Å². The van der Waals surface area contributed by atoms with Gasteiger partial charge in [0.25, 0.3) is 5.70 Å². The van der Waals surface area contributed by atoms with E-state index in [-0.39, 0.29) is 5.57 Å². The molecule has 0 aromatic carbocycles. The Hall–Kier alpha value is -0.980. The maximum absolute atomic E-state index is 11.7. The van der Waals surface area contributed by atoms with Crippen LogP contribution in [0.25, 0.3) is 4.85 Å². The molecule has 0 saturated heterocycles. The molecule has 0 heterocycles. The van der Waals surface area contributed by atoms with E-state index in [0.717, 1.165) is 0 Å². The van der Waals surface area contributed by atoms with E-state index in [9.17, 15) is 13.2 Å². The average Bonchev–Trinajstić information content (AvgIpc) is 1.60. The van der Waals surface area contributed by atoms with Gasteiger partial charge in [-0.1, -0.05) is 19.4 Å². The van der Waals surface area contributed by atoms with E-state index in [2.05, 4.69) is 4.85 Å². The molecule has 0 atom stereocenters. The summed E-state index contributed by atoms with van der Waals surface area (Å²) < 4.78 is 35.1. The van der Waals surface area contributed by atoms with Crippen molar-refractivity contribution in [2.75, 3.05) is 0 Å². The van der Waals surface area contributed by atoms with E-state index in [1.54, 1.807) is 0 Å². The summed E-state index contributed by atoms with van der Waals surface area (Å²) in [4.78, 5) is 2.36. The molecule has 0 radical (unpaired) electrons. The fraction of sp³-hybridized carbons (Fsp3) is 0.500. The first-order valence-corrected chi connectivity index (χ1v) is 2.51. The van der Waals surface area contributed by atoms with Crippen molar-refractivity contribution in [2.24, 2.45) is 0 Å². The van der Waals surface area contributed by atoms with E-state index in [1.807, 2.05) is 0 Å². The fourth-order valence-corrected chi connectivity index (χ4v) is 0.459. The normalized spacial score (nSPS) is 10.4. The first-order chi connectivity index (χ1) is 4.39. The predicted molar refractivity (Wildman–Crippen MR) is 31.0 cm³/mol. The van der Waals surface area contributed by atoms with Crippen LogP contribution in [0, 0.1) is 6.57 Å². The van der Waals surface area contributed by atoms with Crippen molar-refractivity contribution in [3.63, 3.8) is 0 Å². The van der Waals surface area contributed by atoms with Crippen molar-refractivity contribution in [3.8, 4) is 0 Å². The average molecular weight is 149 g/mol. The van der Waals surface area contributed by atoms with Gasteiger partial charge in [0.15, 0.2) is 0 Å². The highest BCUT2D eigenvalue weighted by Gasteiger charge is 2.35. The Morgan fingerprint density at radius 2 is 1.70 bits per heavy atom. The molecule has 0 aromatic rings. The Kier molecular flexibility index (Phi) is 2.47. The molecule has 0 aromatic heterocycles. The summed E-state index contributed by atoms with van der Waals surface area (Å²) in [7, 11) is 0. The molecule has 1 nitrogen and oxygen atoms in total. The van der Waals surface area contributed by atoms with Gasteiger partial charge < -0.3 is 0 Å². The third kappa shape index (κ3) is 2.09. The van der Waals surface area contributed by atoms with Crippen molar-refractivity contribution in [3.05, 3.63) is 22.7 Å². The quantitative estimate of drug-likeness (QED) is 0.466. The molecule has 0 amide bonds. The number of hydrogen-bond acceptors (Lipinski definition) is 0. The zero-order valence-corrected chi connectivity index (χ0v) is 5.58. The number of halogens is 3. The Morgan fingerprint density at radius 3 is 1.70 bits per heavy atom. The number of allylic oxidation sites excluding steroid dienone is 2. The summed E-state index contributed by atoms with van der Waals surface area (Å²) in [6.45, 7) is 8.72. The van der Waals surface area contributed by atoms with Crippen LogP contribution in [0.15, 0.2) is 11.3 Å². The first-order valence-electron chi connectivity index (χ1n) is 2.51. The third-order valence-electron chi connectivity index (χ3n) is 0.854. The highest BCUT2D eigenvalue weighted by atomic mass is 19.4. The molecule has 0 aliphatic rings. The van der Waals surface area contributed by atoms with Crippen LogP contribution in [0.3, 0.4) is 0 Å². The molecule has 0 rings (SSSR count). The van der Waals surface area contributed by atoms with E-state index >= 15 is 0 Å². The van der Waals surface area contributed by atoms with Gasteiger partial charge in [-0.15, -0.1) is 0 Å². The number of rotatable bonds is 0. The molecule has 0 unspecified atom stereocenters. The lowest BCUT2D eigenvalue weighted by atomic mass is 10.2. The van der Waals surface area contributed by atoms with Crippen LogP contribution in [0.2, 0.25) is 0 Å². The minimum absolute atomic E-state index is 0.00231. The smallest absolute Gasteiger partial charge is 0.233 e. The lowest BCUT2D eigenvalue weighted by molar-refractivity contribution is -0.0892. The minimum atomic E-state index is -4.49. The van der Waals surface area contributed by atoms with Crippen LogP contribution in [0.5, 0.6) is 0 Å². The number of hydrogen-bond donors (Lipinski definition) is 0. The Bertz CT molecular complexity index is 190. The van der Waals surface area contributed by atoms with E-state index in [0.29, 0.717) is 0 Å². The van der Waals surface area contributed by atoms with Gasteiger partial charge in [0.05, 0.1) is 6.57 Å². The predicted octanol–water partition coefficient (Wildman–Crippen LogP) is 2.76. The summed E-state index contributed by atoms with van der Waals surface area (Å²) in [5.74, 6) is 0. The molecule has 0 aliphatic carbocycles. The summed E-state index contributed by atoms with van der Waals surface area (Å²) in [5, 5.41) is 0. The molecule has 0 spiro atoms. The fourth-order valence-electron chi connectivity index (χ4n) is 0.459. The Balaban J connectivity index is 4.78. The molecule has 0 bridgehead atoms. The summed E-state index contributed by atoms with van der Waals surface area (Å²) >= 11 is 0. The topological polar surface area (TPSA) is 4.36 Å². The van der Waals surface area contributed by atoms with Crippen molar-refractivity contribution < 1.29 is 13.2 Å². The van der Waals surface area contributed by atoms with Crippen LogP contribution in [0.4, 0.5) is 13.2 Å². The summed E-state index contributed by atoms with van der Waals surface area (Å²) in [5.41, 5.74) is -1.12. The van der Waals surface area contributed by atoms with E-state index in [1.165, 1.54) is 13.8 Å². The SMILES string of the molecule is [C-]#[N+]C(=C(C)C)C(F)(F)F. The Morgan fingerprint density at radius 1 is 1.30 bits per heavy atom. The molecule has 10 heavy (non-hydrogen) atoms. The standard InChI is InChI=1S/C6H6F3N/c1-4(2)5(10-3)6(7,8)9/h1-2H3. The summed E-state index contributed by atoms with van der Waals surface area (Å²) in [6, 6.07) is 0. The maximum atomic E-state index is 11.7. The highest BCUT2D eigenvalue weighted by molar-refractivity contribution is 5.21. The van der Waals surface area contributed by atoms with Crippen molar-refractivity contribution in [2.45, 2.75) is 20.0 Å². The Labute approximate surface area is 57.0 Å². The zero-order valence-electron chi connectivity index (χ0n) is 5.58. The monoisotopic (exact) mass is 149 g/mol. The molecule has 56 valence electrons. The van der Waals surface area contributed by atoms with Crippen LogP contribution in [-0.4, -0.2) is 6.18 Å². The van der Waals surface area contributed by atoms with E-state index in [4.69, 9.17) is 6.57 Å². The van der Waals surface area contributed by atoms with Crippen LogP contribution in [0.1, 0.15) is 13.8 Å². The zero-order chi connectivity index (χ0) is 8.36. The van der Waals surface area contributed by atoms with Crippen molar-refractivity contribution in [1.29, 1.82) is 0 Å². The number of nitrogens with zero attached hydrogens (tertiary/aromatic N) is 1. The molecule has 0 fully saturated rings. The van der Waals surface area contributed by atoms with Gasteiger partial charge in [-0.3, -0.25) is 0 Å². The van der Waals surface area contributed by atoms with Gasteiger partial charge in [-0.05, 0) is 0 Å². The van der Waals surface area contributed by atoms with Crippen LogP contribution in [-0.2, 0) is 0 Å². The van der Waals surface area contributed by atoms with Gasteiger partial charge in [-0.25, -0.2) is 4.85 Å². The van der Waals surface area contributed by atoms with Crippen LogP contribution >= 0.6 is 0 Å². The lowest BCUT2D eigenvalue weighted by Gasteiger charge is -2.04. The largest absolute Gasteiger partial charge is 0.419 e. The highest BCUT2D eigenvalue weighted by Crippen LogP contribution is 2.28. The molecule has 0 N–H and O–H groups in total. The third-order valence-corrected chi connectivity index (χ3v) is 0.854. The second-order valence-corrected chi connectivity index (χ2v) is 1.96. The molecular formula is C6H6F3N. The lowest BCUT2D eigenvalue weighted by Crippen LogP contribution is -2.09. The van der Waals surface area contributed by atoms with Crippen LogP contribution < -0.4 is 0 Å². The molecular weight excluding hydrogens is 143 g/mol. The number of alkyl halides is 3. The first kappa shape index (κ1) is 9.02. The van der Waals surface area contributed by atoms with Crippen molar-refractivity contribution in [1.82, 2.24) is 0 Å². The second kappa shape index (κ2) is 2.74. The van der Waals surface area contributed by atoms with Gasteiger partial charge in [-0.2, -0.15) is 13.2 Å². The maximum Gasteiger partial charge on any atom is 0.419 e. The molecule has 0 aliphatic heterocycles. The summed E-state index contributed by atoms with van der Waals surface area (Å²) in [6.07, 6.45) is -4.49. The van der Waals surface area contributed by atoms with E-state index < -0.39 is 11.9 Å². The van der Waals surface area contributed by atoms with Gasteiger partial charge in [0, 0.05) is 0 Å². The molecule has 4 heteroatoms. The molecule has 0 saturated carbocycles. The minimum Gasteiger partial charge on any atom is -0.233 e. The van der Waals surface area contributed by atoms with Gasteiger partial charge in [0.2, 0.25) is 0 Å².